The van der Waals surface area contributed by atoms with E-state index in [-0.39, 0.29) is 6.92 Å². The fourth-order valence-corrected chi connectivity index (χ4v) is 0.778. The van der Waals surface area contributed by atoms with Gasteiger partial charge in [0.2, 0.25) is 0 Å². The minimum atomic E-state index is -4.65. The average Bonchev–Trinajstić information content (AvgIpc) is 1.81. The molecule has 0 nitrogen and oxygen atoms in total. The molecule has 6 heteroatoms. The summed E-state index contributed by atoms with van der Waals surface area (Å²) < 4.78 is 73.8. The van der Waals surface area contributed by atoms with Gasteiger partial charge in [-0.15, -0.1) is 0 Å². The maximum Gasteiger partial charge on any atom is 0.315 e. The van der Waals surface area contributed by atoms with Crippen LogP contribution in [0.15, 0.2) is 0 Å². The molecule has 0 fully saturated rings. The minimum Gasteiger partial charge on any atom is -0.207 e. The second-order valence-electron chi connectivity index (χ2n) is 3.01. The average molecular weight is 208 g/mol. The molecule has 0 radical (unpaired) electrons. The molecule has 0 aromatic carbocycles. The monoisotopic (exact) mass is 208 g/mol. The highest BCUT2D eigenvalue weighted by molar-refractivity contribution is 4.86. The van der Waals surface area contributed by atoms with Gasteiger partial charge in [0.1, 0.15) is 0 Å². The maximum atomic E-state index is 12.5. The zero-order chi connectivity index (χ0) is 10.9. The molecule has 0 bridgehead atoms. The zero-order valence-electron chi connectivity index (χ0n) is 7.18. The summed E-state index contributed by atoms with van der Waals surface area (Å²) in [5.74, 6) is -12.8. The maximum absolute atomic E-state index is 12.5. The van der Waals surface area contributed by atoms with Crippen molar-refractivity contribution in [2.45, 2.75) is 44.5 Å². The molecule has 0 spiro atoms. The lowest BCUT2D eigenvalue weighted by Crippen LogP contribution is -2.43. The van der Waals surface area contributed by atoms with Crippen LogP contribution < -0.4 is 0 Å². The fraction of sp³-hybridized carbons (Fsp3) is 1.00. The molecule has 0 unspecified atom stereocenters. The molecule has 0 N–H and O–H groups in total. The molecule has 0 aromatic rings. The first kappa shape index (κ1) is 12.6. The Morgan fingerprint density at radius 1 is 0.846 bits per heavy atom. The molecular formula is C7H10F6. The first-order valence-electron chi connectivity index (χ1n) is 3.65. The Morgan fingerprint density at radius 3 is 1.46 bits per heavy atom. The van der Waals surface area contributed by atoms with Gasteiger partial charge in [0, 0.05) is 6.42 Å². The van der Waals surface area contributed by atoms with Gasteiger partial charge in [0.05, 0.1) is 6.42 Å². The lowest BCUT2D eigenvalue weighted by atomic mass is 10.0. The molecule has 0 saturated carbocycles. The van der Waals surface area contributed by atoms with E-state index in [2.05, 4.69) is 0 Å². The Hall–Kier alpha value is -0.420. The predicted molar refractivity (Wildman–Crippen MR) is 35.4 cm³/mol. The van der Waals surface area contributed by atoms with Crippen LogP contribution in [0, 0.1) is 0 Å². The topological polar surface area (TPSA) is 0 Å². The van der Waals surface area contributed by atoms with E-state index >= 15 is 0 Å². The second kappa shape index (κ2) is 3.38. The van der Waals surface area contributed by atoms with Crippen LogP contribution in [0.1, 0.15) is 26.7 Å². The molecule has 0 aliphatic carbocycles. The number of hydrogen-bond donors (Lipinski definition) is 0. The van der Waals surface area contributed by atoms with Crippen molar-refractivity contribution in [2.24, 2.45) is 0 Å². The van der Waals surface area contributed by atoms with Gasteiger partial charge >= 0.3 is 11.8 Å². The van der Waals surface area contributed by atoms with Crippen molar-refractivity contribution in [1.29, 1.82) is 0 Å². The van der Waals surface area contributed by atoms with Gasteiger partial charge in [-0.25, -0.2) is 8.78 Å². The van der Waals surface area contributed by atoms with Crippen LogP contribution in [0.2, 0.25) is 0 Å². The van der Waals surface area contributed by atoms with Gasteiger partial charge in [-0.1, -0.05) is 6.92 Å². The Balaban J connectivity index is 4.58. The molecule has 0 aromatic heterocycles. The molecule has 80 valence electrons. The van der Waals surface area contributed by atoms with Crippen molar-refractivity contribution in [3.05, 3.63) is 0 Å². The fourth-order valence-electron chi connectivity index (χ4n) is 0.778. The lowest BCUT2D eigenvalue weighted by Gasteiger charge is -2.27. The lowest BCUT2D eigenvalue weighted by molar-refractivity contribution is -0.237. The summed E-state index contributed by atoms with van der Waals surface area (Å²) in [5.41, 5.74) is 0. The number of hydrogen-bond acceptors (Lipinski definition) is 0. The van der Waals surface area contributed by atoms with E-state index in [1.165, 1.54) is 0 Å². The molecular weight excluding hydrogens is 198 g/mol. The zero-order valence-corrected chi connectivity index (χ0v) is 7.18. The van der Waals surface area contributed by atoms with Crippen molar-refractivity contribution in [3.8, 4) is 0 Å². The summed E-state index contributed by atoms with van der Waals surface area (Å²) in [7, 11) is 0. The Bertz CT molecular complexity index is 168. The summed E-state index contributed by atoms with van der Waals surface area (Å²) in [6.07, 6.45) is -3.28. The molecule has 0 heterocycles. The van der Waals surface area contributed by atoms with Crippen LogP contribution >= 0.6 is 0 Å². The highest BCUT2D eigenvalue weighted by Gasteiger charge is 2.57. The standard InChI is InChI=1S/C7H10F6/c1-3-6(10,11)7(12,13)4-5(2,8)9/h3-4H2,1-2H3. The van der Waals surface area contributed by atoms with E-state index in [0.29, 0.717) is 0 Å². The van der Waals surface area contributed by atoms with E-state index < -0.39 is 30.6 Å². The Morgan fingerprint density at radius 2 is 1.23 bits per heavy atom. The first-order valence-corrected chi connectivity index (χ1v) is 3.65. The summed E-state index contributed by atoms with van der Waals surface area (Å²) >= 11 is 0. The SMILES string of the molecule is CCC(F)(F)C(F)(F)CC(C)(F)F. The van der Waals surface area contributed by atoms with Gasteiger partial charge in [-0.3, -0.25) is 0 Å². The molecule has 0 saturated heterocycles. The molecule has 0 aliphatic heterocycles. The van der Waals surface area contributed by atoms with Crippen LogP contribution in [0.3, 0.4) is 0 Å². The van der Waals surface area contributed by atoms with Crippen molar-refractivity contribution in [1.82, 2.24) is 0 Å². The third-order valence-electron chi connectivity index (χ3n) is 1.51. The largest absolute Gasteiger partial charge is 0.315 e. The highest BCUT2D eigenvalue weighted by atomic mass is 19.3. The van der Waals surface area contributed by atoms with E-state index in [4.69, 9.17) is 0 Å². The predicted octanol–water partition coefficient (Wildman–Crippen LogP) is 3.71. The summed E-state index contributed by atoms with van der Waals surface area (Å²) in [5, 5.41) is 0. The normalized spacial score (nSPS) is 14.8. The number of halogens is 6. The van der Waals surface area contributed by atoms with Gasteiger partial charge in [0.15, 0.2) is 0 Å². The van der Waals surface area contributed by atoms with Crippen molar-refractivity contribution in [3.63, 3.8) is 0 Å². The number of alkyl halides is 6. The van der Waals surface area contributed by atoms with Gasteiger partial charge in [0.25, 0.3) is 5.92 Å². The second-order valence-corrected chi connectivity index (χ2v) is 3.01. The summed E-state index contributed by atoms with van der Waals surface area (Å²) in [6, 6.07) is 0. The van der Waals surface area contributed by atoms with Crippen LogP contribution in [0.4, 0.5) is 26.3 Å². The quantitative estimate of drug-likeness (QED) is 0.618. The van der Waals surface area contributed by atoms with Gasteiger partial charge in [-0.05, 0) is 6.92 Å². The van der Waals surface area contributed by atoms with Crippen molar-refractivity contribution < 1.29 is 26.3 Å². The Kier molecular flexibility index (Phi) is 3.27. The van der Waals surface area contributed by atoms with E-state index in [1.54, 1.807) is 0 Å². The van der Waals surface area contributed by atoms with E-state index in [0.717, 1.165) is 6.92 Å². The van der Waals surface area contributed by atoms with Gasteiger partial charge in [-0.2, -0.15) is 17.6 Å². The third-order valence-corrected chi connectivity index (χ3v) is 1.51. The van der Waals surface area contributed by atoms with Crippen LogP contribution in [0.5, 0.6) is 0 Å². The van der Waals surface area contributed by atoms with E-state index in [9.17, 15) is 26.3 Å². The molecule has 0 rings (SSSR count). The Labute approximate surface area is 71.9 Å². The minimum absolute atomic E-state index is 0.187. The number of rotatable bonds is 4. The molecule has 0 amide bonds. The molecule has 0 aliphatic rings. The summed E-state index contributed by atoms with van der Waals surface area (Å²) in [4.78, 5) is 0. The molecule has 13 heavy (non-hydrogen) atoms. The third kappa shape index (κ3) is 3.44. The van der Waals surface area contributed by atoms with E-state index in [1.807, 2.05) is 0 Å². The first-order chi connectivity index (χ1) is 5.52. The smallest absolute Gasteiger partial charge is 0.207 e. The van der Waals surface area contributed by atoms with Crippen LogP contribution in [0.25, 0.3) is 0 Å². The van der Waals surface area contributed by atoms with Crippen molar-refractivity contribution in [2.75, 3.05) is 0 Å². The summed E-state index contributed by atoms with van der Waals surface area (Å²) in [6.45, 7) is 1.01. The van der Waals surface area contributed by atoms with Crippen LogP contribution in [-0.4, -0.2) is 17.8 Å². The van der Waals surface area contributed by atoms with Gasteiger partial charge < -0.3 is 0 Å². The van der Waals surface area contributed by atoms with Crippen molar-refractivity contribution >= 4 is 0 Å². The molecule has 0 atom stereocenters. The van der Waals surface area contributed by atoms with Crippen LogP contribution in [-0.2, 0) is 0 Å². The highest BCUT2D eigenvalue weighted by Crippen LogP contribution is 2.43.